The van der Waals surface area contributed by atoms with E-state index in [1.165, 1.54) is 32.1 Å². The first-order valence-electron chi connectivity index (χ1n) is 6.51. The second-order valence-corrected chi connectivity index (χ2v) is 4.86. The van der Waals surface area contributed by atoms with Gasteiger partial charge in [-0.25, -0.2) is 0 Å². The number of alkyl halides is 3. The molecule has 6 heteroatoms. The summed E-state index contributed by atoms with van der Waals surface area (Å²) in [5.74, 6) is 0.303. The quantitative estimate of drug-likeness (QED) is 0.774. The molecule has 0 bridgehead atoms. The Labute approximate surface area is 106 Å². The maximum absolute atomic E-state index is 11.8. The molecule has 1 aliphatic rings. The molecule has 2 N–H and O–H groups in total. The van der Waals surface area contributed by atoms with E-state index in [4.69, 9.17) is 0 Å². The van der Waals surface area contributed by atoms with E-state index < -0.39 is 12.7 Å². The lowest BCUT2D eigenvalue weighted by atomic mass is 9.87. The molecular formula is C12H21F3N2O. The molecule has 0 aliphatic heterocycles. The van der Waals surface area contributed by atoms with Gasteiger partial charge in [-0.2, -0.15) is 13.2 Å². The van der Waals surface area contributed by atoms with Crippen LogP contribution in [0.4, 0.5) is 13.2 Å². The third-order valence-electron chi connectivity index (χ3n) is 3.21. The Kier molecular flexibility index (Phi) is 6.46. The maximum Gasteiger partial charge on any atom is 0.401 e. The first-order chi connectivity index (χ1) is 8.47. The Bertz CT molecular complexity index is 250. The molecule has 3 nitrogen and oxygen atoms in total. The van der Waals surface area contributed by atoms with Crippen LogP contribution in [-0.4, -0.2) is 31.7 Å². The van der Waals surface area contributed by atoms with Crippen LogP contribution >= 0.6 is 0 Å². The zero-order chi connectivity index (χ0) is 13.4. The van der Waals surface area contributed by atoms with E-state index in [1.807, 2.05) is 0 Å². The molecule has 0 radical (unpaired) electrons. The number of nitrogens with one attached hydrogen (secondary N) is 2. The number of halogens is 3. The molecule has 0 heterocycles. The maximum atomic E-state index is 11.8. The van der Waals surface area contributed by atoms with Gasteiger partial charge in [0.05, 0.1) is 13.1 Å². The van der Waals surface area contributed by atoms with E-state index in [1.54, 1.807) is 0 Å². The lowest BCUT2D eigenvalue weighted by molar-refractivity contribution is -0.128. The Morgan fingerprint density at radius 2 is 1.83 bits per heavy atom. The van der Waals surface area contributed by atoms with Crippen molar-refractivity contribution in [1.82, 2.24) is 10.6 Å². The number of carbonyl (C=O) groups is 1. The van der Waals surface area contributed by atoms with Crippen LogP contribution in [0.15, 0.2) is 0 Å². The highest BCUT2D eigenvalue weighted by molar-refractivity contribution is 5.77. The van der Waals surface area contributed by atoms with Crippen molar-refractivity contribution < 1.29 is 18.0 Å². The van der Waals surface area contributed by atoms with Crippen LogP contribution < -0.4 is 10.6 Å². The third-order valence-corrected chi connectivity index (χ3v) is 3.21. The van der Waals surface area contributed by atoms with Crippen molar-refractivity contribution in [2.45, 2.75) is 44.7 Å². The number of rotatable bonds is 6. The molecule has 1 aliphatic carbocycles. The monoisotopic (exact) mass is 266 g/mol. The van der Waals surface area contributed by atoms with Gasteiger partial charge < -0.3 is 10.6 Å². The highest BCUT2D eigenvalue weighted by Gasteiger charge is 2.26. The molecule has 1 amide bonds. The molecule has 106 valence electrons. The normalized spacial score (nSPS) is 17.7. The molecule has 18 heavy (non-hydrogen) atoms. The summed E-state index contributed by atoms with van der Waals surface area (Å²) < 4.78 is 35.4. The fraction of sp³-hybridized carbons (Fsp3) is 0.917. The van der Waals surface area contributed by atoms with Crippen LogP contribution in [0.25, 0.3) is 0 Å². The number of hydrogen-bond acceptors (Lipinski definition) is 2. The Balaban J connectivity index is 1.99. The van der Waals surface area contributed by atoms with Crippen molar-refractivity contribution in [3.8, 4) is 0 Å². The molecule has 0 unspecified atom stereocenters. The topological polar surface area (TPSA) is 41.1 Å². The summed E-state index contributed by atoms with van der Waals surface area (Å²) in [7, 11) is 0. The van der Waals surface area contributed by atoms with Gasteiger partial charge in [-0.15, -0.1) is 0 Å². The SMILES string of the molecule is O=C(CNCC(F)(F)F)NCCC1CCCCC1. The first-order valence-corrected chi connectivity index (χ1v) is 6.51. The van der Waals surface area contributed by atoms with Crippen molar-refractivity contribution in [2.75, 3.05) is 19.6 Å². The molecule has 0 aromatic carbocycles. The van der Waals surface area contributed by atoms with Crippen LogP contribution in [0.2, 0.25) is 0 Å². The molecule has 1 rings (SSSR count). The van der Waals surface area contributed by atoms with Gasteiger partial charge in [0, 0.05) is 6.54 Å². The highest BCUT2D eigenvalue weighted by Crippen LogP contribution is 2.25. The van der Waals surface area contributed by atoms with E-state index in [9.17, 15) is 18.0 Å². The van der Waals surface area contributed by atoms with E-state index in [-0.39, 0.29) is 12.5 Å². The summed E-state index contributed by atoms with van der Waals surface area (Å²) in [5.41, 5.74) is 0. The zero-order valence-corrected chi connectivity index (χ0v) is 10.5. The van der Waals surface area contributed by atoms with Gasteiger partial charge in [-0.3, -0.25) is 4.79 Å². The van der Waals surface area contributed by atoms with Gasteiger partial charge in [0.25, 0.3) is 0 Å². The minimum atomic E-state index is -4.26. The van der Waals surface area contributed by atoms with Crippen molar-refractivity contribution in [3.63, 3.8) is 0 Å². The largest absolute Gasteiger partial charge is 0.401 e. The van der Waals surface area contributed by atoms with Gasteiger partial charge >= 0.3 is 6.18 Å². The van der Waals surface area contributed by atoms with Crippen molar-refractivity contribution in [1.29, 1.82) is 0 Å². The molecule has 0 aromatic heterocycles. The average Bonchev–Trinajstić information content (AvgIpc) is 2.28. The standard InChI is InChI=1S/C12H21F3N2O/c13-12(14,15)9-16-8-11(18)17-7-6-10-4-2-1-3-5-10/h10,16H,1-9H2,(H,17,18). The summed E-state index contributed by atoms with van der Waals surface area (Å²) >= 11 is 0. The van der Waals surface area contributed by atoms with Crippen LogP contribution in [-0.2, 0) is 4.79 Å². The van der Waals surface area contributed by atoms with Gasteiger partial charge in [0.15, 0.2) is 0 Å². The lowest BCUT2D eigenvalue weighted by Gasteiger charge is -2.21. The summed E-state index contributed by atoms with van der Waals surface area (Å²) in [6.45, 7) is -0.829. The lowest BCUT2D eigenvalue weighted by Crippen LogP contribution is -2.38. The molecule has 0 aromatic rings. The van der Waals surface area contributed by atoms with E-state index in [0.29, 0.717) is 12.5 Å². The minimum absolute atomic E-state index is 0.274. The Morgan fingerprint density at radius 1 is 1.17 bits per heavy atom. The Hall–Kier alpha value is -0.780. The number of amides is 1. The zero-order valence-electron chi connectivity index (χ0n) is 10.5. The van der Waals surface area contributed by atoms with Crippen LogP contribution in [0, 0.1) is 5.92 Å². The summed E-state index contributed by atoms with van der Waals surface area (Å²) in [6, 6.07) is 0. The summed E-state index contributed by atoms with van der Waals surface area (Å²) in [5, 5.41) is 4.72. The predicted molar refractivity (Wildman–Crippen MR) is 63.1 cm³/mol. The third kappa shape index (κ3) is 7.53. The van der Waals surface area contributed by atoms with Gasteiger partial charge in [-0.05, 0) is 12.3 Å². The molecule has 0 atom stereocenters. The van der Waals surface area contributed by atoms with E-state index >= 15 is 0 Å². The first kappa shape index (κ1) is 15.3. The van der Waals surface area contributed by atoms with Crippen molar-refractivity contribution in [3.05, 3.63) is 0 Å². The van der Waals surface area contributed by atoms with Crippen molar-refractivity contribution in [2.24, 2.45) is 5.92 Å². The molecule has 1 fully saturated rings. The molecule has 0 spiro atoms. The predicted octanol–water partition coefficient (Wildman–Crippen LogP) is 2.22. The average molecular weight is 266 g/mol. The second kappa shape index (κ2) is 7.61. The van der Waals surface area contributed by atoms with E-state index in [2.05, 4.69) is 10.6 Å². The molecule has 0 saturated heterocycles. The van der Waals surface area contributed by atoms with Gasteiger partial charge in [0.1, 0.15) is 0 Å². The Morgan fingerprint density at radius 3 is 2.44 bits per heavy atom. The number of carbonyl (C=O) groups excluding carboxylic acids is 1. The summed E-state index contributed by atoms with van der Waals surface area (Å²) in [4.78, 5) is 11.2. The van der Waals surface area contributed by atoms with Crippen molar-refractivity contribution >= 4 is 5.91 Å². The summed E-state index contributed by atoms with van der Waals surface area (Å²) in [6.07, 6.45) is 2.90. The fourth-order valence-electron chi connectivity index (χ4n) is 2.27. The van der Waals surface area contributed by atoms with Crippen LogP contribution in [0.1, 0.15) is 38.5 Å². The second-order valence-electron chi connectivity index (χ2n) is 4.86. The molecular weight excluding hydrogens is 245 g/mol. The minimum Gasteiger partial charge on any atom is -0.355 e. The highest BCUT2D eigenvalue weighted by atomic mass is 19.4. The van der Waals surface area contributed by atoms with E-state index in [0.717, 1.165) is 6.42 Å². The molecule has 1 saturated carbocycles. The fourth-order valence-corrected chi connectivity index (χ4v) is 2.27. The van der Waals surface area contributed by atoms with Gasteiger partial charge in [-0.1, -0.05) is 32.1 Å². The van der Waals surface area contributed by atoms with Crippen LogP contribution in [0.5, 0.6) is 0 Å². The smallest absolute Gasteiger partial charge is 0.355 e. The number of hydrogen-bond donors (Lipinski definition) is 2. The van der Waals surface area contributed by atoms with Gasteiger partial charge in [0.2, 0.25) is 5.91 Å². The van der Waals surface area contributed by atoms with Crippen LogP contribution in [0.3, 0.4) is 0 Å².